The Morgan fingerprint density at radius 3 is 2.59 bits per heavy atom. The van der Waals surface area contributed by atoms with Gasteiger partial charge in [0, 0.05) is 23.9 Å². The van der Waals surface area contributed by atoms with Gasteiger partial charge in [0.15, 0.2) is 9.84 Å². The first-order valence-electron chi connectivity index (χ1n) is 9.69. The highest BCUT2D eigenvalue weighted by Gasteiger charge is 2.37. The fourth-order valence-electron chi connectivity index (χ4n) is 4.32. The number of aromatic nitrogens is 2. The number of amides is 1. The molecule has 2 aromatic carbocycles. The van der Waals surface area contributed by atoms with Crippen LogP contribution in [0.15, 0.2) is 53.4 Å². The van der Waals surface area contributed by atoms with Crippen LogP contribution in [0.4, 0.5) is 5.69 Å². The van der Waals surface area contributed by atoms with E-state index in [0.717, 1.165) is 30.0 Å². The van der Waals surface area contributed by atoms with Gasteiger partial charge < -0.3 is 5.32 Å². The zero-order chi connectivity index (χ0) is 20.8. The fraction of sp³-hybridized carbons (Fsp3) is 0.364. The fourth-order valence-corrected chi connectivity index (χ4v) is 4.99. The summed E-state index contributed by atoms with van der Waals surface area (Å²) < 4.78 is 25.4. The summed E-state index contributed by atoms with van der Waals surface area (Å²) in [5.41, 5.74) is 2.09. The molecule has 1 heterocycles. The quantitative estimate of drug-likeness (QED) is 0.684. The summed E-state index contributed by atoms with van der Waals surface area (Å²) in [6, 6.07) is 13.9. The highest BCUT2D eigenvalue weighted by Crippen LogP contribution is 2.45. The van der Waals surface area contributed by atoms with E-state index in [-0.39, 0.29) is 10.8 Å². The molecule has 1 N–H and O–H groups in total. The van der Waals surface area contributed by atoms with Gasteiger partial charge in [-0.25, -0.2) is 8.42 Å². The molecule has 7 heteroatoms. The molecular formula is C22H25N3O3S. The van der Waals surface area contributed by atoms with Gasteiger partial charge in [-0.1, -0.05) is 38.1 Å². The van der Waals surface area contributed by atoms with Gasteiger partial charge in [-0.15, -0.1) is 0 Å². The van der Waals surface area contributed by atoms with Crippen molar-refractivity contribution >= 4 is 32.3 Å². The van der Waals surface area contributed by atoms with Crippen LogP contribution >= 0.6 is 0 Å². The number of hydrogen-bond donors (Lipinski definition) is 1. The Morgan fingerprint density at radius 1 is 1.17 bits per heavy atom. The first-order chi connectivity index (χ1) is 13.6. The summed E-state index contributed by atoms with van der Waals surface area (Å²) in [7, 11) is -3.35. The molecule has 0 aliphatic heterocycles. The zero-order valence-corrected chi connectivity index (χ0v) is 17.7. The second-order valence-corrected chi connectivity index (χ2v) is 10.8. The van der Waals surface area contributed by atoms with Crippen LogP contribution in [-0.2, 0) is 16.4 Å². The Balaban J connectivity index is 1.65. The number of carbonyl (C=O) groups is 1. The molecule has 1 saturated carbocycles. The van der Waals surface area contributed by atoms with E-state index in [1.807, 2.05) is 24.3 Å². The van der Waals surface area contributed by atoms with Crippen LogP contribution in [0.25, 0.3) is 10.9 Å². The number of carbonyl (C=O) groups excluding carboxylic acids is 1. The van der Waals surface area contributed by atoms with Gasteiger partial charge in [0.05, 0.1) is 10.4 Å². The second kappa shape index (κ2) is 6.99. The minimum atomic E-state index is -3.35. The molecular weight excluding hydrogens is 386 g/mol. The third-order valence-corrected chi connectivity index (χ3v) is 6.60. The van der Waals surface area contributed by atoms with E-state index < -0.39 is 9.84 Å². The number of fused-ring (bicyclic) bond motifs is 1. The Bertz CT molecular complexity index is 1190. The SMILES string of the molecule is CC1(C)CC(Cn2nc3ccccc3c2C(=O)Nc2cccc(S(C)(=O)=O)c2)C1. The van der Waals surface area contributed by atoms with Crippen LogP contribution < -0.4 is 5.32 Å². The number of benzene rings is 2. The normalized spacial score (nSPS) is 16.5. The molecule has 29 heavy (non-hydrogen) atoms. The largest absolute Gasteiger partial charge is 0.321 e. The maximum absolute atomic E-state index is 13.2. The van der Waals surface area contributed by atoms with Gasteiger partial charge in [-0.05, 0) is 48.4 Å². The Hall–Kier alpha value is -2.67. The van der Waals surface area contributed by atoms with Crippen molar-refractivity contribution < 1.29 is 13.2 Å². The monoisotopic (exact) mass is 411 g/mol. The van der Waals surface area contributed by atoms with E-state index in [4.69, 9.17) is 0 Å². The predicted octanol–water partition coefficient (Wildman–Crippen LogP) is 4.13. The number of hydrogen-bond acceptors (Lipinski definition) is 4. The number of rotatable bonds is 5. The highest BCUT2D eigenvalue weighted by atomic mass is 32.2. The van der Waals surface area contributed by atoms with Crippen molar-refractivity contribution in [2.24, 2.45) is 11.3 Å². The van der Waals surface area contributed by atoms with Crippen LogP contribution in [-0.4, -0.2) is 30.4 Å². The van der Waals surface area contributed by atoms with Crippen molar-refractivity contribution in [3.05, 3.63) is 54.2 Å². The summed E-state index contributed by atoms with van der Waals surface area (Å²) in [5.74, 6) is 0.211. The number of sulfone groups is 1. The van der Waals surface area contributed by atoms with E-state index in [2.05, 4.69) is 24.3 Å². The number of nitrogens with zero attached hydrogens (tertiary/aromatic N) is 2. The standard InChI is InChI=1S/C22H25N3O3S/c1-22(2)12-15(13-22)14-25-20(18-9-4-5-10-19(18)24-25)21(26)23-16-7-6-8-17(11-16)29(3,27)28/h4-11,15H,12-14H2,1-3H3,(H,23,26). The van der Waals surface area contributed by atoms with Crippen LogP contribution in [0.2, 0.25) is 0 Å². The summed E-state index contributed by atoms with van der Waals surface area (Å²) in [5, 5.41) is 8.31. The molecule has 6 nitrogen and oxygen atoms in total. The second-order valence-electron chi connectivity index (χ2n) is 8.74. The smallest absolute Gasteiger partial charge is 0.274 e. The van der Waals surface area contributed by atoms with Crippen LogP contribution in [0.3, 0.4) is 0 Å². The van der Waals surface area contributed by atoms with Crippen molar-refractivity contribution in [1.82, 2.24) is 9.78 Å². The van der Waals surface area contributed by atoms with E-state index >= 15 is 0 Å². The maximum Gasteiger partial charge on any atom is 0.274 e. The highest BCUT2D eigenvalue weighted by molar-refractivity contribution is 7.90. The lowest BCUT2D eigenvalue weighted by atomic mass is 9.64. The van der Waals surface area contributed by atoms with Gasteiger partial charge in [0.25, 0.3) is 5.91 Å². The van der Waals surface area contributed by atoms with Gasteiger partial charge in [0.1, 0.15) is 5.69 Å². The molecule has 0 spiro atoms. The zero-order valence-electron chi connectivity index (χ0n) is 16.8. The number of nitrogens with one attached hydrogen (secondary N) is 1. The van der Waals surface area contributed by atoms with E-state index in [1.54, 1.807) is 16.8 Å². The van der Waals surface area contributed by atoms with Crippen LogP contribution in [0.1, 0.15) is 37.2 Å². The Morgan fingerprint density at radius 2 is 1.90 bits per heavy atom. The van der Waals surface area contributed by atoms with Crippen molar-refractivity contribution in [2.45, 2.75) is 38.1 Å². The van der Waals surface area contributed by atoms with E-state index in [1.165, 1.54) is 12.1 Å². The van der Waals surface area contributed by atoms with E-state index in [9.17, 15) is 13.2 Å². The molecule has 4 rings (SSSR count). The maximum atomic E-state index is 13.2. The average Bonchev–Trinajstić information content (AvgIpc) is 2.97. The van der Waals surface area contributed by atoms with Gasteiger partial charge in [0.2, 0.25) is 0 Å². The van der Waals surface area contributed by atoms with Crippen LogP contribution in [0, 0.1) is 11.3 Å². The minimum Gasteiger partial charge on any atom is -0.321 e. The van der Waals surface area contributed by atoms with Crippen molar-refractivity contribution in [1.29, 1.82) is 0 Å². The summed E-state index contributed by atoms with van der Waals surface area (Å²) in [6.45, 7) is 5.21. The van der Waals surface area contributed by atoms with Gasteiger partial charge in [-0.3, -0.25) is 9.48 Å². The third-order valence-electron chi connectivity index (χ3n) is 5.49. The Kier molecular flexibility index (Phi) is 4.73. The molecule has 0 bridgehead atoms. The van der Waals surface area contributed by atoms with Gasteiger partial charge in [-0.2, -0.15) is 5.10 Å². The lowest BCUT2D eigenvalue weighted by Gasteiger charge is -2.42. The minimum absolute atomic E-state index is 0.172. The lowest BCUT2D eigenvalue weighted by Crippen LogP contribution is -2.35. The van der Waals surface area contributed by atoms with Crippen LogP contribution in [0.5, 0.6) is 0 Å². The average molecular weight is 412 g/mol. The molecule has 152 valence electrons. The molecule has 1 aliphatic rings. The molecule has 0 unspecified atom stereocenters. The molecule has 1 aromatic heterocycles. The molecule has 1 fully saturated rings. The topological polar surface area (TPSA) is 81.1 Å². The number of anilines is 1. The van der Waals surface area contributed by atoms with Crippen molar-refractivity contribution in [3.63, 3.8) is 0 Å². The molecule has 0 radical (unpaired) electrons. The summed E-state index contributed by atoms with van der Waals surface area (Å²) in [4.78, 5) is 13.3. The van der Waals surface area contributed by atoms with Gasteiger partial charge >= 0.3 is 0 Å². The molecule has 1 amide bonds. The van der Waals surface area contributed by atoms with E-state index in [0.29, 0.717) is 29.3 Å². The molecule has 0 saturated heterocycles. The first-order valence-corrected chi connectivity index (χ1v) is 11.6. The summed E-state index contributed by atoms with van der Waals surface area (Å²) >= 11 is 0. The van der Waals surface area contributed by atoms with Crippen molar-refractivity contribution in [3.8, 4) is 0 Å². The predicted molar refractivity (Wildman–Crippen MR) is 114 cm³/mol. The lowest BCUT2D eigenvalue weighted by molar-refractivity contribution is 0.0784. The molecule has 1 aliphatic carbocycles. The third kappa shape index (κ3) is 4.05. The van der Waals surface area contributed by atoms with Crippen molar-refractivity contribution in [2.75, 3.05) is 11.6 Å². The Labute approximate surface area is 170 Å². The molecule has 0 atom stereocenters. The first kappa shape index (κ1) is 19.6. The summed E-state index contributed by atoms with van der Waals surface area (Å²) in [6.07, 6.45) is 3.37. The molecule has 3 aromatic rings.